The molecule has 0 unspecified atom stereocenters. The molecule has 195 valence electrons. The van der Waals surface area contributed by atoms with Gasteiger partial charge < -0.3 is 0 Å². The van der Waals surface area contributed by atoms with Gasteiger partial charge in [0.05, 0.1) is 0 Å². The third-order valence-electron chi connectivity index (χ3n) is 5.01. The molecule has 36 heavy (non-hydrogen) atoms. The van der Waals surface area contributed by atoms with Gasteiger partial charge in [0.2, 0.25) is 0 Å². The quantitative estimate of drug-likeness (QED) is 0.224. The van der Waals surface area contributed by atoms with Crippen LogP contribution in [-0.2, 0) is 18.8 Å². The molecule has 1 radical (unpaired) electrons. The van der Waals surface area contributed by atoms with Crippen molar-refractivity contribution >= 4 is 51.1 Å². The number of aromatic nitrogens is 2. The predicted molar refractivity (Wildman–Crippen MR) is 128 cm³/mol. The van der Waals surface area contributed by atoms with Gasteiger partial charge >= 0.3 is 217 Å². The maximum atomic E-state index is 13.9. The Labute approximate surface area is 216 Å². The average Bonchev–Trinajstić information content (AvgIpc) is 2.84. The molecule has 0 saturated carbocycles. The number of thioether (sulfide) groups is 1. The fraction of sp³-hybridized carbons (Fsp3) is 0.400. The number of amides is 2. The van der Waals surface area contributed by atoms with Gasteiger partial charge in [-0.2, -0.15) is 0 Å². The average molecular weight is 606 g/mol. The number of carbonyl (C=O) groups excluding carboxylic acids is 1. The normalized spacial score (nSPS) is 14.8. The molecule has 2 amide bonds. The van der Waals surface area contributed by atoms with Crippen molar-refractivity contribution in [2.75, 3.05) is 39.8 Å². The summed E-state index contributed by atoms with van der Waals surface area (Å²) in [5.41, 5.74) is 0.125. The number of hydrogen-bond donors (Lipinski definition) is 2. The van der Waals surface area contributed by atoms with Gasteiger partial charge in [-0.1, -0.05) is 0 Å². The number of hydrogen-bond acceptors (Lipinski definition) is 8. The first-order valence-electron chi connectivity index (χ1n) is 10.6. The molecule has 0 bridgehead atoms. The van der Waals surface area contributed by atoms with E-state index in [1.807, 2.05) is 0 Å². The fourth-order valence-electron chi connectivity index (χ4n) is 3.19. The van der Waals surface area contributed by atoms with Gasteiger partial charge in [0.1, 0.15) is 0 Å². The van der Waals surface area contributed by atoms with Crippen LogP contribution in [0.3, 0.4) is 0 Å². The summed E-state index contributed by atoms with van der Waals surface area (Å²) in [4.78, 5) is 32.6. The van der Waals surface area contributed by atoms with E-state index in [2.05, 4.69) is 15.3 Å². The monoisotopic (exact) mass is 606 g/mol. The van der Waals surface area contributed by atoms with Crippen molar-refractivity contribution in [1.29, 1.82) is 0 Å². The molecule has 1 aliphatic heterocycles. The molecule has 2 aromatic rings. The Kier molecular flexibility index (Phi) is 9.88. The minimum absolute atomic E-state index is 0.00828. The van der Waals surface area contributed by atoms with E-state index < -0.39 is 40.6 Å². The molecule has 0 aliphatic carbocycles. The first-order valence-corrected chi connectivity index (χ1v) is 16.2. The second-order valence-electron chi connectivity index (χ2n) is 7.38. The summed E-state index contributed by atoms with van der Waals surface area (Å²) in [5.74, 6) is -1.99. The topological polar surface area (TPSA) is 142 Å². The predicted octanol–water partition coefficient (Wildman–Crippen LogP) is 0.432. The standard InChI is InChI=1S/C20H23AsF2N5O6S2/c1-34-16-11-15(25-19(26-16)35-12-13-3-2-4-14(22)18(13)23)21-36(32,33)28-9-7-27(8-10-28)17(29)5-6-24-20(30)31/h2-4,11,24H,5-10,12H2,1H3,(H,30,31). The van der Waals surface area contributed by atoms with Gasteiger partial charge in [0, 0.05) is 0 Å². The van der Waals surface area contributed by atoms with Crippen LogP contribution in [0, 0.1) is 11.6 Å². The summed E-state index contributed by atoms with van der Waals surface area (Å²) in [6, 6.07) is 5.28. The van der Waals surface area contributed by atoms with Crippen molar-refractivity contribution in [1.82, 2.24) is 24.5 Å². The van der Waals surface area contributed by atoms with Crippen LogP contribution in [0.1, 0.15) is 12.0 Å². The number of nitrogens with zero attached hydrogens (tertiary/aromatic N) is 4. The number of ether oxygens (including phenoxy) is 1. The zero-order valence-electron chi connectivity index (χ0n) is 19.1. The van der Waals surface area contributed by atoms with Gasteiger partial charge in [0.15, 0.2) is 0 Å². The number of halogens is 2. The maximum absolute atomic E-state index is 13.9. The van der Waals surface area contributed by atoms with E-state index in [0.29, 0.717) is 0 Å². The van der Waals surface area contributed by atoms with Crippen molar-refractivity contribution in [3.63, 3.8) is 0 Å². The molecule has 1 saturated heterocycles. The van der Waals surface area contributed by atoms with Crippen molar-refractivity contribution < 1.29 is 36.6 Å². The van der Waals surface area contributed by atoms with Crippen molar-refractivity contribution in [3.8, 4) is 5.88 Å². The van der Waals surface area contributed by atoms with E-state index in [0.717, 1.165) is 17.8 Å². The first kappa shape index (κ1) is 28.1. The Balaban J connectivity index is 1.62. The Bertz CT molecular complexity index is 1220. The van der Waals surface area contributed by atoms with Gasteiger partial charge in [-0.05, 0) is 0 Å². The Morgan fingerprint density at radius 1 is 1.22 bits per heavy atom. The molecule has 1 aromatic heterocycles. The zero-order valence-corrected chi connectivity index (χ0v) is 22.6. The second-order valence-corrected chi connectivity index (χ2v) is 14.9. The molecule has 1 fully saturated rings. The van der Waals surface area contributed by atoms with Crippen LogP contribution in [0.4, 0.5) is 13.6 Å². The molecule has 16 heteroatoms. The number of rotatable bonds is 10. The third kappa shape index (κ3) is 7.76. The second kappa shape index (κ2) is 12.7. The van der Waals surface area contributed by atoms with E-state index in [4.69, 9.17) is 9.84 Å². The van der Waals surface area contributed by atoms with E-state index in [-0.39, 0.29) is 71.9 Å². The van der Waals surface area contributed by atoms with Crippen LogP contribution in [0.2, 0.25) is 0 Å². The SMILES string of the molecule is COc1cc([As]S(=O)(=O)N2CCN(C(=O)CCNC(=O)O)CC2)nc(SCc2cccc(F)c2F)n1. The van der Waals surface area contributed by atoms with Crippen LogP contribution in [0.25, 0.3) is 0 Å². The molecule has 1 aromatic carbocycles. The summed E-state index contributed by atoms with van der Waals surface area (Å²) < 4.78 is 60.2. The molecular formula is C20H23AsF2N5O6S2. The van der Waals surface area contributed by atoms with Crippen LogP contribution in [0.15, 0.2) is 29.4 Å². The zero-order chi connectivity index (χ0) is 26.3. The number of carboxylic acid groups (broad SMARTS) is 1. The van der Waals surface area contributed by atoms with Crippen molar-refractivity contribution in [2.24, 2.45) is 0 Å². The number of methoxy groups -OCH3 is 1. The fourth-order valence-corrected chi connectivity index (χ4v) is 9.49. The van der Waals surface area contributed by atoms with Crippen LogP contribution >= 0.6 is 11.8 Å². The van der Waals surface area contributed by atoms with E-state index in [1.165, 1.54) is 34.5 Å². The summed E-state index contributed by atoms with van der Waals surface area (Å²) in [6.07, 6.45) is -1.22. The molecule has 2 N–H and O–H groups in total. The van der Waals surface area contributed by atoms with Gasteiger partial charge in [0.25, 0.3) is 0 Å². The molecule has 2 heterocycles. The van der Waals surface area contributed by atoms with Crippen LogP contribution < -0.4 is 14.5 Å². The van der Waals surface area contributed by atoms with Crippen LogP contribution in [-0.4, -0.2) is 99.1 Å². The summed E-state index contributed by atoms with van der Waals surface area (Å²) in [6.45, 7) is 0.593. The van der Waals surface area contributed by atoms with Crippen LogP contribution in [0.5, 0.6) is 5.88 Å². The summed E-state index contributed by atoms with van der Waals surface area (Å²) in [7, 11) is -2.33. The number of benzene rings is 1. The van der Waals surface area contributed by atoms with E-state index in [1.54, 1.807) is 0 Å². The molecule has 1 aliphatic rings. The van der Waals surface area contributed by atoms with Gasteiger partial charge in [-0.25, -0.2) is 0 Å². The molecule has 0 atom stereocenters. The first-order chi connectivity index (χ1) is 17.1. The Morgan fingerprint density at radius 3 is 2.61 bits per heavy atom. The molecule has 3 rings (SSSR count). The van der Waals surface area contributed by atoms with Gasteiger partial charge in [-0.15, -0.1) is 0 Å². The van der Waals surface area contributed by atoms with Gasteiger partial charge in [-0.3, -0.25) is 0 Å². The number of carbonyl (C=O) groups is 2. The molecule has 11 nitrogen and oxygen atoms in total. The molecular weight excluding hydrogens is 583 g/mol. The third-order valence-corrected chi connectivity index (χ3v) is 11.9. The van der Waals surface area contributed by atoms with Crippen molar-refractivity contribution in [3.05, 3.63) is 41.5 Å². The Hall–Kier alpha value is -2.48. The van der Waals surface area contributed by atoms with E-state index in [9.17, 15) is 26.8 Å². The number of piperazine rings is 1. The minimum atomic E-state index is -3.70. The van der Waals surface area contributed by atoms with Crippen molar-refractivity contribution in [2.45, 2.75) is 17.3 Å². The van der Waals surface area contributed by atoms with E-state index >= 15 is 0 Å². The summed E-state index contributed by atoms with van der Waals surface area (Å²) in [5, 5.41) is 10.9. The molecule has 0 spiro atoms. The number of nitrogens with one attached hydrogen (secondary N) is 1. The summed E-state index contributed by atoms with van der Waals surface area (Å²) >= 11 is -0.463. The Morgan fingerprint density at radius 2 is 1.94 bits per heavy atom.